The lowest BCUT2D eigenvalue weighted by atomic mass is 10.0. The fourth-order valence-corrected chi connectivity index (χ4v) is 3.99. The molecule has 1 saturated heterocycles. The molecular formula is C22H28N6O2. The lowest BCUT2D eigenvalue weighted by Gasteiger charge is -2.35. The first-order valence-corrected chi connectivity index (χ1v) is 10.4. The summed E-state index contributed by atoms with van der Waals surface area (Å²) in [7, 11) is 4.02. The molecule has 4 heterocycles. The molecular weight excluding hydrogens is 380 g/mol. The van der Waals surface area contributed by atoms with Gasteiger partial charge in [0.25, 0.3) is 11.9 Å². The van der Waals surface area contributed by atoms with Crippen LogP contribution >= 0.6 is 0 Å². The summed E-state index contributed by atoms with van der Waals surface area (Å²) in [4.78, 5) is 26.5. The number of piperidine rings is 1. The number of likely N-dealkylation sites (tertiary alicyclic amines) is 1. The van der Waals surface area contributed by atoms with Gasteiger partial charge in [0, 0.05) is 19.3 Å². The number of aromatic nitrogens is 4. The lowest BCUT2D eigenvalue weighted by molar-refractivity contribution is 0.0658. The van der Waals surface area contributed by atoms with E-state index in [1.54, 1.807) is 29.4 Å². The van der Waals surface area contributed by atoms with Gasteiger partial charge in [-0.15, -0.1) is 0 Å². The maximum atomic E-state index is 13.4. The summed E-state index contributed by atoms with van der Waals surface area (Å²) in [5.74, 6) is 1.17. The molecule has 3 aromatic heterocycles. The Morgan fingerprint density at radius 1 is 1.27 bits per heavy atom. The van der Waals surface area contributed by atoms with Crippen LogP contribution in [-0.4, -0.2) is 68.7 Å². The highest BCUT2D eigenvalue weighted by Gasteiger charge is 2.29. The second-order valence-electron chi connectivity index (χ2n) is 8.18. The van der Waals surface area contributed by atoms with Crippen LogP contribution in [0.2, 0.25) is 0 Å². The Morgan fingerprint density at radius 3 is 2.70 bits per heavy atom. The average Bonchev–Trinajstić information content (AvgIpc) is 3.43. The number of hydrogen-bond acceptors (Lipinski definition) is 6. The van der Waals surface area contributed by atoms with Crippen molar-refractivity contribution in [2.24, 2.45) is 0 Å². The van der Waals surface area contributed by atoms with Crippen LogP contribution in [0.4, 0.5) is 0 Å². The molecule has 0 bridgehead atoms. The topological polar surface area (TPSA) is 80.3 Å². The van der Waals surface area contributed by atoms with Crippen LogP contribution in [0.5, 0.6) is 0 Å². The molecule has 0 spiro atoms. The highest BCUT2D eigenvalue weighted by molar-refractivity contribution is 5.95. The number of carbonyl (C=O) groups excluding carboxylic acids is 1. The first kappa shape index (κ1) is 20.3. The molecule has 3 aromatic rings. The van der Waals surface area contributed by atoms with Gasteiger partial charge >= 0.3 is 0 Å². The maximum absolute atomic E-state index is 13.4. The molecule has 1 amide bonds. The van der Waals surface area contributed by atoms with E-state index in [0.717, 1.165) is 31.6 Å². The quantitative estimate of drug-likeness (QED) is 0.645. The van der Waals surface area contributed by atoms with E-state index in [4.69, 9.17) is 4.42 Å². The van der Waals surface area contributed by atoms with Crippen LogP contribution in [0.3, 0.4) is 0 Å². The molecule has 8 nitrogen and oxygen atoms in total. The van der Waals surface area contributed by atoms with Crippen LogP contribution in [0.1, 0.15) is 48.7 Å². The third-order valence-corrected chi connectivity index (χ3v) is 5.75. The molecule has 4 rings (SSSR count). The van der Waals surface area contributed by atoms with Crippen LogP contribution < -0.4 is 0 Å². The fourth-order valence-electron chi connectivity index (χ4n) is 3.99. The lowest BCUT2D eigenvalue weighted by Crippen LogP contribution is -2.44. The third-order valence-electron chi connectivity index (χ3n) is 5.75. The van der Waals surface area contributed by atoms with Crippen molar-refractivity contribution in [2.45, 2.75) is 38.6 Å². The van der Waals surface area contributed by atoms with Gasteiger partial charge in [0.2, 0.25) is 0 Å². The third kappa shape index (κ3) is 3.87. The minimum atomic E-state index is 0.00157. The second kappa shape index (κ2) is 8.39. The van der Waals surface area contributed by atoms with Gasteiger partial charge in [-0.2, -0.15) is 5.10 Å². The standard InChI is InChI=1S/C22H28N6O2/c1-15(2)20-17(21(29)27(4)16-8-11-26(3)12-9-16)14-24-28(20)22-23-10-7-18(25-22)19-6-5-13-30-19/h5-7,10,13-16H,8-9,11-12H2,1-4H3. The van der Waals surface area contributed by atoms with Gasteiger partial charge < -0.3 is 14.2 Å². The zero-order valence-corrected chi connectivity index (χ0v) is 17.9. The number of nitrogens with zero attached hydrogens (tertiary/aromatic N) is 6. The van der Waals surface area contributed by atoms with Crippen LogP contribution in [0, 0.1) is 0 Å². The molecule has 0 N–H and O–H groups in total. The minimum absolute atomic E-state index is 0.00157. The predicted molar refractivity (Wildman–Crippen MR) is 114 cm³/mol. The van der Waals surface area contributed by atoms with Gasteiger partial charge in [-0.25, -0.2) is 14.6 Å². The molecule has 1 fully saturated rings. The van der Waals surface area contributed by atoms with Gasteiger partial charge in [-0.3, -0.25) is 4.79 Å². The van der Waals surface area contributed by atoms with Gasteiger partial charge in [0.1, 0.15) is 5.69 Å². The van der Waals surface area contributed by atoms with Crippen LogP contribution in [0.25, 0.3) is 17.4 Å². The summed E-state index contributed by atoms with van der Waals surface area (Å²) in [6.45, 7) is 6.12. The van der Waals surface area contributed by atoms with E-state index in [0.29, 0.717) is 23.0 Å². The van der Waals surface area contributed by atoms with E-state index in [2.05, 4.69) is 40.9 Å². The molecule has 0 aromatic carbocycles. The second-order valence-corrected chi connectivity index (χ2v) is 8.18. The Morgan fingerprint density at radius 2 is 2.03 bits per heavy atom. The molecule has 0 aliphatic carbocycles. The summed E-state index contributed by atoms with van der Waals surface area (Å²) in [6, 6.07) is 5.71. The zero-order valence-electron chi connectivity index (χ0n) is 17.9. The Labute approximate surface area is 176 Å². The molecule has 158 valence electrons. The summed E-state index contributed by atoms with van der Waals surface area (Å²) >= 11 is 0. The van der Waals surface area contributed by atoms with Crippen LogP contribution in [0.15, 0.2) is 41.3 Å². The Kier molecular flexibility index (Phi) is 5.67. The first-order chi connectivity index (χ1) is 14.5. The Balaban J connectivity index is 1.66. The summed E-state index contributed by atoms with van der Waals surface area (Å²) in [5.41, 5.74) is 2.10. The van der Waals surface area contributed by atoms with E-state index in [1.807, 2.05) is 24.1 Å². The molecule has 0 radical (unpaired) electrons. The van der Waals surface area contributed by atoms with E-state index in [-0.39, 0.29) is 17.9 Å². The largest absolute Gasteiger partial charge is 0.463 e. The van der Waals surface area contributed by atoms with Crippen molar-refractivity contribution in [1.82, 2.24) is 29.5 Å². The molecule has 8 heteroatoms. The maximum Gasteiger partial charge on any atom is 0.257 e. The highest BCUT2D eigenvalue weighted by Crippen LogP contribution is 2.26. The van der Waals surface area contributed by atoms with Gasteiger partial charge in [0.15, 0.2) is 5.76 Å². The predicted octanol–water partition coefficient (Wildman–Crippen LogP) is 3.21. The van der Waals surface area contributed by atoms with Crippen molar-refractivity contribution in [3.05, 3.63) is 48.1 Å². The Bertz CT molecular complexity index is 1000. The van der Waals surface area contributed by atoms with E-state index >= 15 is 0 Å². The van der Waals surface area contributed by atoms with Crippen molar-refractivity contribution >= 4 is 5.91 Å². The molecule has 0 atom stereocenters. The molecule has 0 unspecified atom stereocenters. The van der Waals surface area contributed by atoms with Gasteiger partial charge in [-0.05, 0) is 57.1 Å². The fraction of sp³-hybridized carbons (Fsp3) is 0.455. The van der Waals surface area contributed by atoms with E-state index in [9.17, 15) is 4.79 Å². The zero-order chi connectivity index (χ0) is 21.3. The number of furan rings is 1. The molecule has 0 saturated carbocycles. The van der Waals surface area contributed by atoms with E-state index < -0.39 is 0 Å². The van der Waals surface area contributed by atoms with Gasteiger partial charge in [0.05, 0.1) is 23.7 Å². The van der Waals surface area contributed by atoms with Crippen LogP contribution in [-0.2, 0) is 0 Å². The van der Waals surface area contributed by atoms with Crippen molar-refractivity contribution in [2.75, 3.05) is 27.2 Å². The smallest absolute Gasteiger partial charge is 0.257 e. The number of amides is 1. The average molecular weight is 409 g/mol. The minimum Gasteiger partial charge on any atom is -0.463 e. The van der Waals surface area contributed by atoms with Gasteiger partial charge in [-0.1, -0.05) is 13.8 Å². The van der Waals surface area contributed by atoms with Crippen molar-refractivity contribution < 1.29 is 9.21 Å². The van der Waals surface area contributed by atoms with Crippen molar-refractivity contribution in [3.63, 3.8) is 0 Å². The normalized spacial score (nSPS) is 15.6. The van der Waals surface area contributed by atoms with E-state index in [1.165, 1.54) is 0 Å². The summed E-state index contributed by atoms with van der Waals surface area (Å²) in [5, 5.41) is 4.50. The number of carbonyl (C=O) groups is 1. The first-order valence-electron chi connectivity index (χ1n) is 10.4. The summed E-state index contributed by atoms with van der Waals surface area (Å²) in [6.07, 6.45) is 6.90. The number of hydrogen-bond donors (Lipinski definition) is 0. The monoisotopic (exact) mass is 408 g/mol. The van der Waals surface area contributed by atoms with Crippen molar-refractivity contribution in [1.29, 1.82) is 0 Å². The van der Waals surface area contributed by atoms with Crippen molar-refractivity contribution in [3.8, 4) is 17.4 Å². The summed E-state index contributed by atoms with van der Waals surface area (Å²) < 4.78 is 7.13. The molecule has 1 aliphatic heterocycles. The number of rotatable bonds is 5. The molecule has 30 heavy (non-hydrogen) atoms. The SMILES string of the molecule is CC(C)c1c(C(=O)N(C)C2CCN(C)CC2)cnn1-c1nccc(-c2ccco2)n1. The molecule has 1 aliphatic rings. The Hall–Kier alpha value is -3.00. The highest BCUT2D eigenvalue weighted by atomic mass is 16.3.